The van der Waals surface area contributed by atoms with Gasteiger partial charge in [0.15, 0.2) is 0 Å². The van der Waals surface area contributed by atoms with Gasteiger partial charge in [0.2, 0.25) is 5.91 Å². The molecule has 0 saturated carbocycles. The van der Waals surface area contributed by atoms with Crippen molar-refractivity contribution < 1.29 is 9.59 Å². The van der Waals surface area contributed by atoms with Crippen molar-refractivity contribution in [2.24, 2.45) is 0 Å². The van der Waals surface area contributed by atoms with E-state index in [1.807, 2.05) is 26.0 Å². The number of nitrogens with zero attached hydrogens (tertiary/aromatic N) is 1. The van der Waals surface area contributed by atoms with E-state index in [-0.39, 0.29) is 18.4 Å². The predicted octanol–water partition coefficient (Wildman–Crippen LogP) is 4.32. The number of hydrogen-bond donors (Lipinski definition) is 1. The molecule has 2 amide bonds. The van der Waals surface area contributed by atoms with Crippen molar-refractivity contribution in [3.63, 3.8) is 0 Å². The van der Waals surface area contributed by atoms with Crippen molar-refractivity contribution in [1.29, 1.82) is 0 Å². The fourth-order valence-corrected chi connectivity index (χ4v) is 2.62. The highest BCUT2D eigenvalue weighted by Gasteiger charge is 2.17. The number of benzene rings is 2. The number of likely N-dealkylation sites (N-methyl/N-ethyl adjacent to an activating group) is 1. The predicted molar refractivity (Wildman–Crippen MR) is 98.0 cm³/mol. The molecule has 0 aliphatic heterocycles. The molecule has 0 fully saturated rings. The Kier molecular flexibility index (Phi) is 5.86. The van der Waals surface area contributed by atoms with Crippen LogP contribution in [0.15, 0.2) is 36.4 Å². The van der Waals surface area contributed by atoms with E-state index in [2.05, 4.69) is 5.32 Å². The van der Waals surface area contributed by atoms with Gasteiger partial charge in [-0.05, 0) is 43.7 Å². The topological polar surface area (TPSA) is 49.4 Å². The van der Waals surface area contributed by atoms with Crippen molar-refractivity contribution in [3.05, 3.63) is 63.1 Å². The fraction of sp³-hybridized carbons (Fsp3) is 0.222. The Morgan fingerprint density at radius 3 is 2.38 bits per heavy atom. The third-order valence-corrected chi connectivity index (χ3v) is 4.28. The minimum atomic E-state index is -0.311. The zero-order chi connectivity index (χ0) is 17.9. The maximum Gasteiger partial charge on any atom is 0.254 e. The Morgan fingerprint density at radius 1 is 1.04 bits per heavy atom. The summed E-state index contributed by atoms with van der Waals surface area (Å²) >= 11 is 11.8. The van der Waals surface area contributed by atoms with Crippen LogP contribution in [0.25, 0.3) is 0 Å². The molecular weight excluding hydrogens is 347 g/mol. The lowest BCUT2D eigenvalue weighted by Crippen LogP contribution is -2.35. The van der Waals surface area contributed by atoms with E-state index in [4.69, 9.17) is 23.2 Å². The first-order valence-electron chi connectivity index (χ1n) is 7.35. The van der Waals surface area contributed by atoms with E-state index >= 15 is 0 Å². The van der Waals surface area contributed by atoms with Crippen LogP contribution in [0.5, 0.6) is 0 Å². The summed E-state index contributed by atoms with van der Waals surface area (Å²) in [7, 11) is 1.59. The highest BCUT2D eigenvalue weighted by Crippen LogP contribution is 2.25. The molecule has 0 bridgehead atoms. The summed E-state index contributed by atoms with van der Waals surface area (Å²) in [6.07, 6.45) is 0. The Hall–Kier alpha value is -2.04. The van der Waals surface area contributed by atoms with Gasteiger partial charge in [0.25, 0.3) is 5.91 Å². The van der Waals surface area contributed by atoms with Crippen LogP contribution in [0.2, 0.25) is 10.0 Å². The van der Waals surface area contributed by atoms with Gasteiger partial charge >= 0.3 is 0 Å². The van der Waals surface area contributed by atoms with Crippen LogP contribution < -0.4 is 5.32 Å². The standard InChI is InChI=1S/C18H18Cl2N2O2/c1-11-4-6-14(12(2)8-11)18(24)22(3)10-17(23)21-13-5-7-15(19)16(20)9-13/h4-9H,10H2,1-3H3,(H,21,23). The average Bonchev–Trinajstić information content (AvgIpc) is 2.50. The summed E-state index contributed by atoms with van der Waals surface area (Å²) in [5, 5.41) is 3.46. The summed E-state index contributed by atoms with van der Waals surface area (Å²) in [5.41, 5.74) is 3.09. The van der Waals surface area contributed by atoms with Crippen molar-refractivity contribution in [3.8, 4) is 0 Å². The minimum absolute atomic E-state index is 0.0631. The molecule has 0 atom stereocenters. The monoisotopic (exact) mass is 364 g/mol. The molecular formula is C18H18Cl2N2O2. The molecule has 4 nitrogen and oxygen atoms in total. The molecule has 0 saturated heterocycles. The van der Waals surface area contributed by atoms with Gasteiger partial charge in [-0.2, -0.15) is 0 Å². The van der Waals surface area contributed by atoms with E-state index in [0.717, 1.165) is 11.1 Å². The molecule has 0 spiro atoms. The SMILES string of the molecule is Cc1ccc(C(=O)N(C)CC(=O)Nc2ccc(Cl)c(Cl)c2)c(C)c1. The van der Waals surface area contributed by atoms with Crippen molar-refractivity contribution >= 4 is 40.7 Å². The lowest BCUT2D eigenvalue weighted by Gasteiger charge is -2.18. The average molecular weight is 365 g/mol. The van der Waals surface area contributed by atoms with Crippen molar-refractivity contribution in [2.75, 3.05) is 18.9 Å². The van der Waals surface area contributed by atoms with Gasteiger partial charge in [0, 0.05) is 18.3 Å². The fourth-order valence-electron chi connectivity index (χ4n) is 2.32. The van der Waals surface area contributed by atoms with Gasteiger partial charge < -0.3 is 10.2 Å². The quantitative estimate of drug-likeness (QED) is 0.877. The van der Waals surface area contributed by atoms with Crippen LogP contribution >= 0.6 is 23.2 Å². The number of anilines is 1. The van der Waals surface area contributed by atoms with Gasteiger partial charge in [0.05, 0.1) is 16.6 Å². The highest BCUT2D eigenvalue weighted by molar-refractivity contribution is 6.42. The lowest BCUT2D eigenvalue weighted by atomic mass is 10.0. The second-order valence-corrected chi connectivity index (χ2v) is 6.47. The van der Waals surface area contributed by atoms with E-state index < -0.39 is 0 Å². The van der Waals surface area contributed by atoms with Crippen LogP contribution in [0, 0.1) is 13.8 Å². The minimum Gasteiger partial charge on any atom is -0.332 e. The molecule has 2 aromatic carbocycles. The second-order valence-electron chi connectivity index (χ2n) is 5.66. The number of aryl methyl sites for hydroxylation is 2. The maximum atomic E-state index is 12.5. The first-order valence-corrected chi connectivity index (χ1v) is 8.11. The number of hydrogen-bond acceptors (Lipinski definition) is 2. The Labute approximate surface area is 151 Å². The first-order chi connectivity index (χ1) is 11.3. The van der Waals surface area contributed by atoms with Gasteiger partial charge in [-0.15, -0.1) is 0 Å². The highest BCUT2D eigenvalue weighted by atomic mass is 35.5. The molecule has 0 aliphatic carbocycles. The first kappa shape index (κ1) is 18.3. The second kappa shape index (κ2) is 7.69. The normalized spacial score (nSPS) is 10.4. The molecule has 2 rings (SSSR count). The van der Waals surface area contributed by atoms with E-state index in [1.54, 1.807) is 31.3 Å². The van der Waals surface area contributed by atoms with Gasteiger partial charge in [-0.25, -0.2) is 0 Å². The zero-order valence-corrected chi connectivity index (χ0v) is 15.2. The smallest absolute Gasteiger partial charge is 0.254 e. The van der Waals surface area contributed by atoms with E-state index in [1.165, 1.54) is 4.90 Å². The lowest BCUT2D eigenvalue weighted by molar-refractivity contribution is -0.116. The van der Waals surface area contributed by atoms with Crippen LogP contribution in [-0.2, 0) is 4.79 Å². The largest absolute Gasteiger partial charge is 0.332 e. The molecule has 0 aromatic heterocycles. The van der Waals surface area contributed by atoms with Crippen LogP contribution in [0.4, 0.5) is 5.69 Å². The number of carbonyl (C=O) groups is 2. The van der Waals surface area contributed by atoms with Gasteiger partial charge in [-0.1, -0.05) is 40.9 Å². The summed E-state index contributed by atoms with van der Waals surface area (Å²) in [4.78, 5) is 26.0. The molecule has 2 aromatic rings. The Morgan fingerprint density at radius 2 is 1.75 bits per heavy atom. The Bertz CT molecular complexity index is 791. The number of halogens is 2. The summed E-state index contributed by atoms with van der Waals surface area (Å²) in [6, 6.07) is 10.4. The van der Waals surface area contributed by atoms with Crippen LogP contribution in [0.1, 0.15) is 21.5 Å². The number of nitrogens with one attached hydrogen (secondary N) is 1. The van der Waals surface area contributed by atoms with Crippen LogP contribution in [-0.4, -0.2) is 30.3 Å². The number of amides is 2. The summed E-state index contributed by atoms with van der Waals surface area (Å²) in [6.45, 7) is 3.78. The number of rotatable bonds is 4. The summed E-state index contributed by atoms with van der Waals surface area (Å²) in [5.74, 6) is -0.509. The third-order valence-electron chi connectivity index (χ3n) is 3.54. The Balaban J connectivity index is 2.02. The molecule has 126 valence electrons. The maximum absolute atomic E-state index is 12.5. The number of carbonyl (C=O) groups excluding carboxylic acids is 2. The summed E-state index contributed by atoms with van der Waals surface area (Å²) < 4.78 is 0. The van der Waals surface area contributed by atoms with Crippen molar-refractivity contribution in [2.45, 2.75) is 13.8 Å². The van der Waals surface area contributed by atoms with E-state index in [9.17, 15) is 9.59 Å². The molecule has 0 unspecified atom stereocenters. The zero-order valence-electron chi connectivity index (χ0n) is 13.7. The van der Waals surface area contributed by atoms with Crippen molar-refractivity contribution in [1.82, 2.24) is 4.90 Å². The third kappa shape index (κ3) is 4.49. The molecule has 0 aliphatic rings. The van der Waals surface area contributed by atoms with Gasteiger partial charge in [-0.3, -0.25) is 9.59 Å². The molecule has 0 radical (unpaired) electrons. The molecule has 0 heterocycles. The van der Waals surface area contributed by atoms with Crippen LogP contribution in [0.3, 0.4) is 0 Å². The molecule has 24 heavy (non-hydrogen) atoms. The molecule has 1 N–H and O–H groups in total. The molecule has 6 heteroatoms. The van der Waals surface area contributed by atoms with E-state index in [0.29, 0.717) is 21.3 Å². The van der Waals surface area contributed by atoms with Gasteiger partial charge in [0.1, 0.15) is 0 Å².